The second-order valence-electron chi connectivity index (χ2n) is 5.47. The second-order valence-corrected chi connectivity index (χ2v) is 5.47. The number of aryl methyl sites for hydroxylation is 1. The highest BCUT2D eigenvalue weighted by atomic mass is 15.0. The van der Waals surface area contributed by atoms with Crippen molar-refractivity contribution in [1.29, 1.82) is 0 Å². The predicted octanol–water partition coefficient (Wildman–Crippen LogP) is 3.59. The lowest BCUT2D eigenvalue weighted by molar-refractivity contribution is 0.873. The molecule has 1 aromatic heterocycles. The van der Waals surface area contributed by atoms with E-state index in [1.807, 2.05) is 18.2 Å². The lowest BCUT2D eigenvalue weighted by Crippen LogP contribution is -2.05. The minimum Gasteiger partial charge on any atom is -0.340 e. The summed E-state index contributed by atoms with van der Waals surface area (Å²) in [5.74, 6) is 2.71. The highest BCUT2D eigenvalue weighted by molar-refractivity contribution is 5.61. The average molecular weight is 251 g/mol. The van der Waals surface area contributed by atoms with Crippen molar-refractivity contribution in [3.8, 4) is 0 Å². The van der Waals surface area contributed by atoms with Crippen molar-refractivity contribution in [2.45, 2.75) is 38.0 Å². The summed E-state index contributed by atoms with van der Waals surface area (Å²) in [6.07, 6.45) is 5.94. The zero-order valence-corrected chi connectivity index (χ0v) is 10.9. The summed E-state index contributed by atoms with van der Waals surface area (Å²) in [4.78, 5) is 9.55. The Balaban J connectivity index is 1.73. The molecule has 0 radical (unpaired) electrons. The first-order chi connectivity index (χ1) is 9.40. The third kappa shape index (κ3) is 2.09. The Kier molecular flexibility index (Phi) is 2.50. The maximum Gasteiger partial charge on any atom is 0.137 e. The van der Waals surface area contributed by atoms with Gasteiger partial charge in [0.1, 0.15) is 11.6 Å². The number of fused-ring (bicyclic) bond motifs is 1. The van der Waals surface area contributed by atoms with Crippen molar-refractivity contribution in [2.75, 3.05) is 5.32 Å². The molecule has 1 heterocycles. The molecule has 1 fully saturated rings. The Morgan fingerprint density at radius 2 is 1.84 bits per heavy atom. The summed E-state index contributed by atoms with van der Waals surface area (Å²) in [7, 11) is 0. The number of para-hydroxylation sites is 1. The van der Waals surface area contributed by atoms with Gasteiger partial charge in [-0.2, -0.15) is 0 Å². The van der Waals surface area contributed by atoms with E-state index in [0.717, 1.165) is 30.2 Å². The Hall–Kier alpha value is -1.90. The molecule has 19 heavy (non-hydrogen) atoms. The fourth-order valence-corrected chi connectivity index (χ4v) is 2.74. The molecular formula is C16H17N3. The summed E-state index contributed by atoms with van der Waals surface area (Å²) >= 11 is 0. The zero-order valence-electron chi connectivity index (χ0n) is 10.9. The molecule has 0 bridgehead atoms. The third-order valence-electron chi connectivity index (χ3n) is 3.93. The summed E-state index contributed by atoms with van der Waals surface area (Å²) in [6.45, 7) is 0. The molecule has 0 aliphatic heterocycles. The molecule has 96 valence electrons. The number of hydrogen-bond acceptors (Lipinski definition) is 3. The molecule has 1 N–H and O–H groups in total. The second kappa shape index (κ2) is 4.34. The molecule has 0 atom stereocenters. The van der Waals surface area contributed by atoms with Crippen LogP contribution in [0, 0.1) is 0 Å². The molecule has 0 saturated heterocycles. The highest BCUT2D eigenvalue weighted by Gasteiger charge is 2.29. The van der Waals surface area contributed by atoms with Gasteiger partial charge >= 0.3 is 0 Å². The SMILES string of the molecule is c1ccc(Nc2nc(C3CC3)nc3c2CCC3)cc1. The zero-order chi connectivity index (χ0) is 12.7. The van der Waals surface area contributed by atoms with Crippen LogP contribution in [0.4, 0.5) is 11.5 Å². The molecule has 4 rings (SSSR count). The van der Waals surface area contributed by atoms with Gasteiger partial charge in [-0.15, -0.1) is 0 Å². The van der Waals surface area contributed by atoms with Crippen LogP contribution in [0.5, 0.6) is 0 Å². The van der Waals surface area contributed by atoms with Crippen molar-refractivity contribution in [1.82, 2.24) is 9.97 Å². The minimum absolute atomic E-state index is 0.613. The number of benzene rings is 1. The van der Waals surface area contributed by atoms with Crippen LogP contribution in [0.1, 0.15) is 42.3 Å². The van der Waals surface area contributed by atoms with E-state index in [0.29, 0.717) is 5.92 Å². The largest absolute Gasteiger partial charge is 0.340 e. The van der Waals surface area contributed by atoms with Gasteiger partial charge in [-0.3, -0.25) is 0 Å². The Morgan fingerprint density at radius 3 is 2.63 bits per heavy atom. The van der Waals surface area contributed by atoms with Gasteiger partial charge in [0.2, 0.25) is 0 Å². The lowest BCUT2D eigenvalue weighted by Gasteiger charge is -2.12. The molecule has 2 aromatic rings. The molecule has 0 spiro atoms. The molecule has 1 saturated carbocycles. The molecule has 0 unspecified atom stereocenters. The van der Waals surface area contributed by atoms with Crippen LogP contribution in [0.25, 0.3) is 0 Å². The first-order valence-corrected chi connectivity index (χ1v) is 7.12. The van der Waals surface area contributed by atoms with Crippen LogP contribution >= 0.6 is 0 Å². The molecule has 2 aliphatic rings. The first-order valence-electron chi connectivity index (χ1n) is 7.12. The Morgan fingerprint density at radius 1 is 1.00 bits per heavy atom. The van der Waals surface area contributed by atoms with Crippen molar-refractivity contribution in [3.63, 3.8) is 0 Å². The van der Waals surface area contributed by atoms with Crippen LogP contribution in [-0.4, -0.2) is 9.97 Å². The van der Waals surface area contributed by atoms with E-state index in [9.17, 15) is 0 Å². The predicted molar refractivity (Wildman–Crippen MR) is 75.8 cm³/mol. The van der Waals surface area contributed by atoms with Gasteiger partial charge in [0.05, 0.1) is 0 Å². The van der Waals surface area contributed by atoms with Crippen molar-refractivity contribution in [2.24, 2.45) is 0 Å². The van der Waals surface area contributed by atoms with Gasteiger partial charge in [-0.25, -0.2) is 9.97 Å². The van der Waals surface area contributed by atoms with Gasteiger partial charge in [-0.1, -0.05) is 18.2 Å². The summed E-state index contributed by atoms with van der Waals surface area (Å²) < 4.78 is 0. The number of nitrogens with one attached hydrogen (secondary N) is 1. The molecule has 2 aliphatic carbocycles. The van der Waals surface area contributed by atoms with Gasteiger partial charge in [0, 0.05) is 22.9 Å². The summed E-state index contributed by atoms with van der Waals surface area (Å²) in [5, 5.41) is 3.48. The van der Waals surface area contributed by atoms with E-state index in [-0.39, 0.29) is 0 Å². The van der Waals surface area contributed by atoms with Gasteiger partial charge in [-0.05, 0) is 44.2 Å². The van der Waals surface area contributed by atoms with E-state index < -0.39 is 0 Å². The number of nitrogens with zero attached hydrogens (tertiary/aromatic N) is 2. The van der Waals surface area contributed by atoms with Crippen molar-refractivity contribution in [3.05, 3.63) is 47.4 Å². The molecule has 0 amide bonds. The van der Waals surface area contributed by atoms with E-state index in [2.05, 4.69) is 17.4 Å². The fourth-order valence-electron chi connectivity index (χ4n) is 2.74. The third-order valence-corrected chi connectivity index (χ3v) is 3.93. The van der Waals surface area contributed by atoms with Crippen LogP contribution in [0.3, 0.4) is 0 Å². The first kappa shape index (κ1) is 11.0. The van der Waals surface area contributed by atoms with Gasteiger partial charge < -0.3 is 5.32 Å². The maximum atomic E-state index is 4.78. The van der Waals surface area contributed by atoms with E-state index in [1.54, 1.807) is 0 Å². The van der Waals surface area contributed by atoms with Gasteiger partial charge in [0.25, 0.3) is 0 Å². The molecule has 3 nitrogen and oxygen atoms in total. The van der Waals surface area contributed by atoms with E-state index >= 15 is 0 Å². The van der Waals surface area contributed by atoms with E-state index in [4.69, 9.17) is 9.97 Å². The molecular weight excluding hydrogens is 234 g/mol. The minimum atomic E-state index is 0.613. The van der Waals surface area contributed by atoms with Crippen LogP contribution in [0.2, 0.25) is 0 Å². The Labute approximate surface area is 113 Å². The van der Waals surface area contributed by atoms with Crippen LogP contribution < -0.4 is 5.32 Å². The van der Waals surface area contributed by atoms with Gasteiger partial charge in [0.15, 0.2) is 0 Å². The average Bonchev–Trinajstić information content (AvgIpc) is 3.18. The quantitative estimate of drug-likeness (QED) is 0.906. The van der Waals surface area contributed by atoms with Crippen LogP contribution in [-0.2, 0) is 12.8 Å². The Bertz CT molecular complexity index is 603. The number of hydrogen-bond donors (Lipinski definition) is 1. The fraction of sp³-hybridized carbons (Fsp3) is 0.375. The van der Waals surface area contributed by atoms with E-state index in [1.165, 1.54) is 30.5 Å². The number of rotatable bonds is 3. The number of anilines is 2. The topological polar surface area (TPSA) is 37.8 Å². The highest BCUT2D eigenvalue weighted by Crippen LogP contribution is 2.40. The standard InChI is InChI=1S/C16H17N3/c1-2-5-12(6-3-1)17-16-13-7-4-8-14(13)18-15(19-16)11-9-10-11/h1-3,5-6,11H,4,7-10H2,(H,17,18,19). The van der Waals surface area contributed by atoms with Crippen molar-refractivity contribution >= 4 is 11.5 Å². The monoisotopic (exact) mass is 251 g/mol. The van der Waals surface area contributed by atoms with Crippen LogP contribution in [0.15, 0.2) is 30.3 Å². The smallest absolute Gasteiger partial charge is 0.137 e. The molecule has 1 aromatic carbocycles. The maximum absolute atomic E-state index is 4.78. The lowest BCUT2D eigenvalue weighted by atomic mass is 10.2. The van der Waals surface area contributed by atoms with Crippen molar-refractivity contribution < 1.29 is 0 Å². The summed E-state index contributed by atoms with van der Waals surface area (Å²) in [6, 6.07) is 10.3. The summed E-state index contributed by atoms with van der Waals surface area (Å²) in [5.41, 5.74) is 3.71. The number of aromatic nitrogens is 2. The normalized spacial score (nSPS) is 17.3. The molecule has 3 heteroatoms.